The van der Waals surface area contributed by atoms with Crippen LogP contribution in [0.4, 0.5) is 0 Å². The summed E-state index contributed by atoms with van der Waals surface area (Å²) >= 11 is 0. The fourth-order valence-corrected chi connectivity index (χ4v) is 3.14. The van der Waals surface area contributed by atoms with E-state index in [-0.39, 0.29) is 6.61 Å². The molecule has 1 aliphatic heterocycles. The van der Waals surface area contributed by atoms with Crippen LogP contribution >= 0.6 is 0 Å². The van der Waals surface area contributed by atoms with Gasteiger partial charge in [-0.25, -0.2) is 4.79 Å². The highest BCUT2D eigenvalue weighted by Gasteiger charge is 2.42. The standard InChI is InChI=1S/C21H30N2O5/c1-4-21(2,3)18(25)19(26)23-12-6-8-17(23)20(27)28-16(14-24)10-9-15-7-5-11-22-13-15/h5,7,11,13,16-17,24H,4,6,8-10,12,14H2,1-3H3. The Bertz CT molecular complexity index is 689. The first-order chi connectivity index (χ1) is 13.3. The monoisotopic (exact) mass is 390 g/mol. The largest absolute Gasteiger partial charge is 0.458 e. The number of likely N-dealkylation sites (tertiary alicyclic amines) is 1. The van der Waals surface area contributed by atoms with Gasteiger partial charge in [0.05, 0.1) is 6.61 Å². The quantitative estimate of drug-likeness (QED) is 0.511. The van der Waals surface area contributed by atoms with Crippen LogP contribution in [-0.2, 0) is 25.5 Å². The van der Waals surface area contributed by atoms with E-state index in [1.807, 2.05) is 19.1 Å². The molecule has 2 unspecified atom stereocenters. The number of ketones is 1. The first-order valence-electron chi connectivity index (χ1n) is 9.85. The van der Waals surface area contributed by atoms with Gasteiger partial charge in [-0.15, -0.1) is 0 Å². The number of ether oxygens (including phenoxy) is 1. The molecular formula is C21H30N2O5. The predicted octanol–water partition coefficient (Wildman–Crippen LogP) is 1.91. The van der Waals surface area contributed by atoms with Crippen LogP contribution in [-0.4, -0.2) is 57.9 Å². The Morgan fingerprint density at radius 1 is 1.39 bits per heavy atom. The lowest BCUT2D eigenvalue weighted by atomic mass is 9.84. The minimum absolute atomic E-state index is 0.297. The summed E-state index contributed by atoms with van der Waals surface area (Å²) in [5, 5.41) is 9.57. The van der Waals surface area contributed by atoms with Gasteiger partial charge < -0.3 is 14.7 Å². The molecule has 1 aromatic rings. The number of aryl methyl sites for hydroxylation is 1. The lowest BCUT2D eigenvalue weighted by Gasteiger charge is -2.28. The van der Waals surface area contributed by atoms with Gasteiger partial charge in [0.15, 0.2) is 0 Å². The lowest BCUT2D eigenvalue weighted by molar-refractivity contribution is -0.162. The first-order valence-corrected chi connectivity index (χ1v) is 9.85. The zero-order valence-corrected chi connectivity index (χ0v) is 16.9. The second kappa shape index (κ2) is 9.78. The number of carbonyl (C=O) groups excluding carboxylic acids is 3. The second-order valence-corrected chi connectivity index (χ2v) is 7.86. The van der Waals surface area contributed by atoms with Gasteiger partial charge in [0.2, 0.25) is 5.78 Å². The summed E-state index contributed by atoms with van der Waals surface area (Å²) in [6.07, 6.45) is 5.47. The second-order valence-electron chi connectivity index (χ2n) is 7.86. The molecule has 2 atom stereocenters. The molecule has 2 rings (SSSR count). The summed E-state index contributed by atoms with van der Waals surface area (Å²) in [6.45, 7) is 5.39. The number of pyridine rings is 1. The van der Waals surface area contributed by atoms with Crippen LogP contribution in [0.25, 0.3) is 0 Å². The van der Waals surface area contributed by atoms with Crippen molar-refractivity contribution in [1.29, 1.82) is 0 Å². The fraction of sp³-hybridized carbons (Fsp3) is 0.619. The number of amides is 1. The zero-order valence-electron chi connectivity index (χ0n) is 16.9. The van der Waals surface area contributed by atoms with E-state index in [4.69, 9.17) is 4.74 Å². The van der Waals surface area contributed by atoms with Crippen molar-refractivity contribution in [2.45, 2.75) is 65.0 Å². The third-order valence-corrected chi connectivity index (χ3v) is 5.44. The molecular weight excluding hydrogens is 360 g/mol. The number of nitrogens with zero attached hydrogens (tertiary/aromatic N) is 2. The number of rotatable bonds is 9. The summed E-state index contributed by atoms with van der Waals surface area (Å²) in [6, 6.07) is 2.98. The number of esters is 1. The molecule has 1 N–H and O–H groups in total. The normalized spacial score (nSPS) is 18.0. The number of carbonyl (C=O) groups is 3. The van der Waals surface area contributed by atoms with Crippen LogP contribution in [0.1, 0.15) is 52.0 Å². The van der Waals surface area contributed by atoms with Crippen molar-refractivity contribution in [2.24, 2.45) is 5.41 Å². The smallest absolute Gasteiger partial charge is 0.329 e. The van der Waals surface area contributed by atoms with Gasteiger partial charge in [-0.05, 0) is 43.7 Å². The number of hydrogen-bond acceptors (Lipinski definition) is 6. The topological polar surface area (TPSA) is 96.8 Å². The van der Waals surface area contributed by atoms with E-state index in [1.54, 1.807) is 26.2 Å². The Hall–Kier alpha value is -2.28. The number of Topliss-reactive ketones (excluding diaryl/α,β-unsaturated/α-hetero) is 1. The van der Waals surface area contributed by atoms with Gasteiger partial charge in [0, 0.05) is 24.4 Å². The molecule has 1 aliphatic rings. The molecule has 1 saturated heterocycles. The molecule has 28 heavy (non-hydrogen) atoms. The number of aliphatic hydroxyl groups excluding tert-OH is 1. The van der Waals surface area contributed by atoms with E-state index in [1.165, 1.54) is 4.90 Å². The lowest BCUT2D eigenvalue weighted by Crippen LogP contribution is -2.48. The Morgan fingerprint density at radius 2 is 2.14 bits per heavy atom. The van der Waals surface area contributed by atoms with Crippen LogP contribution in [0.3, 0.4) is 0 Å². The van der Waals surface area contributed by atoms with Gasteiger partial charge in [0.1, 0.15) is 12.1 Å². The Morgan fingerprint density at radius 3 is 2.75 bits per heavy atom. The molecule has 0 aliphatic carbocycles. The molecule has 0 spiro atoms. The zero-order chi connectivity index (χ0) is 20.7. The summed E-state index contributed by atoms with van der Waals surface area (Å²) < 4.78 is 5.46. The molecule has 1 amide bonds. The predicted molar refractivity (Wildman–Crippen MR) is 103 cm³/mol. The average Bonchev–Trinajstić information content (AvgIpc) is 3.20. The van der Waals surface area contributed by atoms with E-state index < -0.39 is 35.2 Å². The first kappa shape index (κ1) is 22.0. The minimum Gasteiger partial charge on any atom is -0.458 e. The molecule has 7 heteroatoms. The van der Waals surface area contributed by atoms with Gasteiger partial charge >= 0.3 is 5.97 Å². The Labute approximate surface area is 166 Å². The highest BCUT2D eigenvalue weighted by Crippen LogP contribution is 2.26. The maximum atomic E-state index is 12.6. The molecule has 0 saturated carbocycles. The van der Waals surface area contributed by atoms with Crippen molar-refractivity contribution in [2.75, 3.05) is 13.2 Å². The summed E-state index contributed by atoms with van der Waals surface area (Å²) in [4.78, 5) is 43.1. The van der Waals surface area contributed by atoms with E-state index in [0.717, 1.165) is 5.56 Å². The summed E-state index contributed by atoms with van der Waals surface area (Å²) in [5.41, 5.74) is 0.230. The van der Waals surface area contributed by atoms with Crippen LogP contribution in [0.15, 0.2) is 24.5 Å². The van der Waals surface area contributed by atoms with Crippen molar-refractivity contribution in [3.8, 4) is 0 Å². The molecule has 2 heterocycles. The molecule has 0 radical (unpaired) electrons. The van der Waals surface area contributed by atoms with Gasteiger partial charge in [-0.1, -0.05) is 26.8 Å². The third kappa shape index (κ3) is 5.38. The maximum Gasteiger partial charge on any atom is 0.329 e. The molecule has 1 aromatic heterocycles. The van der Waals surface area contributed by atoms with E-state index in [9.17, 15) is 19.5 Å². The molecule has 0 bridgehead atoms. The van der Waals surface area contributed by atoms with Gasteiger partial charge in [-0.3, -0.25) is 14.6 Å². The third-order valence-electron chi connectivity index (χ3n) is 5.44. The van der Waals surface area contributed by atoms with E-state index in [2.05, 4.69) is 4.98 Å². The van der Waals surface area contributed by atoms with Crippen LogP contribution in [0.2, 0.25) is 0 Å². The minimum atomic E-state index is -0.767. The van der Waals surface area contributed by atoms with Crippen LogP contribution in [0.5, 0.6) is 0 Å². The fourth-order valence-electron chi connectivity index (χ4n) is 3.14. The van der Waals surface area contributed by atoms with Crippen molar-refractivity contribution >= 4 is 17.7 Å². The Kier molecular flexibility index (Phi) is 7.69. The van der Waals surface area contributed by atoms with Gasteiger partial charge in [-0.2, -0.15) is 0 Å². The number of aromatic nitrogens is 1. The van der Waals surface area contributed by atoms with E-state index in [0.29, 0.717) is 38.6 Å². The summed E-state index contributed by atoms with van der Waals surface area (Å²) in [5.74, 6) is -1.66. The highest BCUT2D eigenvalue weighted by atomic mass is 16.6. The Balaban J connectivity index is 1.97. The molecule has 7 nitrogen and oxygen atoms in total. The molecule has 0 aromatic carbocycles. The van der Waals surface area contributed by atoms with Gasteiger partial charge in [0.25, 0.3) is 5.91 Å². The number of hydrogen-bond donors (Lipinski definition) is 1. The van der Waals surface area contributed by atoms with Crippen molar-refractivity contribution in [3.05, 3.63) is 30.1 Å². The SMILES string of the molecule is CCC(C)(C)C(=O)C(=O)N1CCCC1C(=O)OC(CO)CCc1cccnc1. The molecule has 1 fully saturated rings. The van der Waals surface area contributed by atoms with Crippen molar-refractivity contribution in [3.63, 3.8) is 0 Å². The van der Waals surface area contributed by atoms with Crippen LogP contribution < -0.4 is 0 Å². The number of aliphatic hydroxyl groups is 1. The van der Waals surface area contributed by atoms with Crippen LogP contribution in [0, 0.1) is 5.41 Å². The van der Waals surface area contributed by atoms with Crippen molar-refractivity contribution in [1.82, 2.24) is 9.88 Å². The van der Waals surface area contributed by atoms with E-state index >= 15 is 0 Å². The van der Waals surface area contributed by atoms with Crippen molar-refractivity contribution < 1.29 is 24.2 Å². The molecule has 154 valence electrons. The maximum absolute atomic E-state index is 12.6. The highest BCUT2D eigenvalue weighted by molar-refractivity contribution is 6.38. The average molecular weight is 390 g/mol. The summed E-state index contributed by atoms with van der Waals surface area (Å²) in [7, 11) is 0.